The van der Waals surface area contributed by atoms with Gasteiger partial charge < -0.3 is 0 Å². The van der Waals surface area contributed by atoms with Crippen LogP contribution in [-0.2, 0) is 0 Å². The average Bonchev–Trinajstić information content (AvgIpc) is 3.07. The van der Waals surface area contributed by atoms with E-state index in [0.717, 1.165) is 16.9 Å². The molecular formula is C19H15Cl2N5. The minimum absolute atomic E-state index is 0.413. The first-order valence-corrected chi connectivity index (χ1v) is 8.70. The highest BCUT2D eigenvalue weighted by Gasteiger charge is 2.17. The third-order valence-electron chi connectivity index (χ3n) is 3.66. The highest BCUT2D eigenvalue weighted by molar-refractivity contribution is 6.32. The number of aromatic nitrogens is 2. The summed E-state index contributed by atoms with van der Waals surface area (Å²) in [6.07, 6.45) is 1.90. The molecule has 26 heavy (non-hydrogen) atoms. The minimum Gasteiger partial charge on any atom is -0.275 e. The molecule has 0 fully saturated rings. The summed E-state index contributed by atoms with van der Waals surface area (Å²) < 4.78 is 1.74. The van der Waals surface area contributed by atoms with Crippen molar-refractivity contribution in [3.05, 3.63) is 70.3 Å². The number of aliphatic imine (C=N–C) groups is 1. The van der Waals surface area contributed by atoms with E-state index in [0.29, 0.717) is 28.1 Å². The van der Waals surface area contributed by atoms with Crippen LogP contribution < -0.4 is 5.32 Å². The van der Waals surface area contributed by atoms with Crippen molar-refractivity contribution in [2.24, 2.45) is 4.99 Å². The van der Waals surface area contributed by atoms with Gasteiger partial charge in [0.25, 0.3) is 0 Å². The Balaban J connectivity index is 2.21. The van der Waals surface area contributed by atoms with E-state index in [-0.39, 0.29) is 0 Å². The van der Waals surface area contributed by atoms with Gasteiger partial charge in [-0.3, -0.25) is 10.3 Å². The van der Waals surface area contributed by atoms with Crippen molar-refractivity contribution < 1.29 is 0 Å². The average molecular weight is 384 g/mol. The van der Waals surface area contributed by atoms with Crippen molar-refractivity contribution in [1.82, 2.24) is 15.1 Å². The van der Waals surface area contributed by atoms with Crippen LogP contribution in [0.25, 0.3) is 16.9 Å². The zero-order valence-corrected chi connectivity index (χ0v) is 15.5. The maximum atomic E-state index is 9.00. The van der Waals surface area contributed by atoms with Gasteiger partial charge in [0.15, 0.2) is 12.0 Å². The summed E-state index contributed by atoms with van der Waals surface area (Å²) in [7, 11) is 0. The normalized spacial score (nSPS) is 11.2. The second-order valence-electron chi connectivity index (χ2n) is 5.34. The largest absolute Gasteiger partial charge is 0.275 e. The fourth-order valence-corrected chi connectivity index (χ4v) is 2.87. The van der Waals surface area contributed by atoms with Crippen LogP contribution in [0, 0.1) is 11.5 Å². The number of hydrogen-bond donors (Lipinski definition) is 1. The Morgan fingerprint density at radius 1 is 1.19 bits per heavy atom. The van der Waals surface area contributed by atoms with Crippen LogP contribution in [0.1, 0.15) is 12.6 Å². The standard InChI is InChI=1S/C19H15Cl2N5/c1-2-23-19(24-12-22)16-11-18(13-7-9-14(20)10-8-13)26(25-16)17-6-4-3-5-15(17)21/h3-11H,2H2,1H3,(H,23,24). The predicted molar refractivity (Wildman–Crippen MR) is 105 cm³/mol. The molecule has 2 aromatic carbocycles. The monoisotopic (exact) mass is 383 g/mol. The molecule has 0 aliphatic carbocycles. The fourth-order valence-electron chi connectivity index (χ4n) is 2.53. The van der Waals surface area contributed by atoms with E-state index in [4.69, 9.17) is 28.5 Å². The van der Waals surface area contributed by atoms with E-state index in [1.54, 1.807) is 10.7 Å². The fraction of sp³-hybridized carbons (Fsp3) is 0.105. The van der Waals surface area contributed by atoms with E-state index in [1.165, 1.54) is 0 Å². The summed E-state index contributed by atoms with van der Waals surface area (Å²) in [6.45, 7) is 2.42. The lowest BCUT2D eigenvalue weighted by atomic mass is 10.1. The number of para-hydroxylation sites is 1. The number of benzene rings is 2. The highest BCUT2D eigenvalue weighted by atomic mass is 35.5. The third-order valence-corrected chi connectivity index (χ3v) is 4.23. The van der Waals surface area contributed by atoms with E-state index in [1.807, 2.05) is 61.6 Å². The maximum absolute atomic E-state index is 9.00. The van der Waals surface area contributed by atoms with E-state index < -0.39 is 0 Å². The van der Waals surface area contributed by atoms with E-state index >= 15 is 0 Å². The molecule has 3 rings (SSSR count). The molecule has 0 aliphatic heterocycles. The number of rotatable bonds is 4. The number of nitrogens with zero attached hydrogens (tertiary/aromatic N) is 4. The van der Waals surface area contributed by atoms with Crippen LogP contribution in [0.2, 0.25) is 10.0 Å². The molecule has 0 unspecified atom stereocenters. The molecule has 0 saturated heterocycles. The van der Waals surface area contributed by atoms with Gasteiger partial charge >= 0.3 is 0 Å². The molecule has 0 radical (unpaired) electrons. The zero-order valence-electron chi connectivity index (χ0n) is 13.9. The zero-order chi connectivity index (χ0) is 18.5. The van der Waals surface area contributed by atoms with Gasteiger partial charge in [0.2, 0.25) is 0 Å². The number of hydrogen-bond acceptors (Lipinski definition) is 3. The third kappa shape index (κ3) is 3.72. The van der Waals surface area contributed by atoms with Crippen LogP contribution in [0.4, 0.5) is 0 Å². The van der Waals surface area contributed by atoms with Crippen LogP contribution in [0.15, 0.2) is 59.6 Å². The molecule has 130 valence electrons. The predicted octanol–water partition coefficient (Wildman–Crippen LogP) is 4.68. The van der Waals surface area contributed by atoms with E-state index in [9.17, 15) is 0 Å². The van der Waals surface area contributed by atoms with Crippen molar-refractivity contribution in [2.75, 3.05) is 6.54 Å². The first kappa shape index (κ1) is 18.0. The number of nitriles is 1. The van der Waals surface area contributed by atoms with Crippen LogP contribution >= 0.6 is 23.2 Å². The molecule has 1 heterocycles. The first-order chi connectivity index (χ1) is 12.6. The summed E-state index contributed by atoms with van der Waals surface area (Å²) in [5, 5.41) is 17.4. The Bertz CT molecular complexity index is 984. The number of amidine groups is 1. The van der Waals surface area contributed by atoms with Gasteiger partial charge in [-0.15, -0.1) is 0 Å². The Kier molecular flexibility index (Phi) is 5.57. The maximum Gasteiger partial charge on any atom is 0.182 e. The summed E-state index contributed by atoms with van der Waals surface area (Å²) in [4.78, 5) is 4.32. The van der Waals surface area contributed by atoms with Crippen LogP contribution in [0.5, 0.6) is 0 Å². The van der Waals surface area contributed by atoms with Crippen molar-refractivity contribution in [3.63, 3.8) is 0 Å². The molecule has 0 spiro atoms. The van der Waals surface area contributed by atoms with Gasteiger partial charge in [0, 0.05) is 17.1 Å². The molecule has 0 atom stereocenters. The van der Waals surface area contributed by atoms with Gasteiger partial charge in [-0.1, -0.05) is 47.5 Å². The quantitative estimate of drug-likeness (QED) is 0.307. The molecule has 5 nitrogen and oxygen atoms in total. The summed E-state index contributed by atoms with van der Waals surface area (Å²) in [6, 6.07) is 16.7. The van der Waals surface area contributed by atoms with Crippen molar-refractivity contribution in [1.29, 1.82) is 5.26 Å². The number of nitrogens with one attached hydrogen (secondary N) is 1. The molecule has 1 aromatic heterocycles. The van der Waals surface area contributed by atoms with Crippen molar-refractivity contribution in [2.45, 2.75) is 6.92 Å². The second kappa shape index (κ2) is 8.05. The summed E-state index contributed by atoms with van der Waals surface area (Å²) in [5.41, 5.74) is 3.02. The lowest BCUT2D eigenvalue weighted by Crippen LogP contribution is -2.20. The van der Waals surface area contributed by atoms with Gasteiger partial charge in [-0.2, -0.15) is 10.4 Å². The van der Waals surface area contributed by atoms with Crippen LogP contribution in [-0.4, -0.2) is 22.2 Å². The molecule has 0 aliphatic rings. The summed E-state index contributed by atoms with van der Waals surface area (Å²) in [5.74, 6) is 0.413. The van der Waals surface area contributed by atoms with Gasteiger partial charge in [-0.05, 0) is 37.3 Å². The van der Waals surface area contributed by atoms with Gasteiger partial charge in [0.1, 0.15) is 5.69 Å². The van der Waals surface area contributed by atoms with E-state index in [2.05, 4.69) is 15.4 Å². The molecule has 7 heteroatoms. The SMILES string of the molecule is CCN=C(NC#N)c1cc(-c2ccc(Cl)cc2)n(-c2ccccc2Cl)n1. The molecule has 0 saturated carbocycles. The Hall–Kier alpha value is -2.81. The smallest absolute Gasteiger partial charge is 0.182 e. The second-order valence-corrected chi connectivity index (χ2v) is 6.19. The lowest BCUT2D eigenvalue weighted by molar-refractivity contribution is 0.879. The molecular weight excluding hydrogens is 369 g/mol. The minimum atomic E-state index is 0.413. The number of halogens is 2. The van der Waals surface area contributed by atoms with Gasteiger partial charge in [0.05, 0.1) is 16.4 Å². The lowest BCUT2D eigenvalue weighted by Gasteiger charge is -2.09. The molecule has 0 bridgehead atoms. The molecule has 0 amide bonds. The van der Waals surface area contributed by atoms with Gasteiger partial charge in [-0.25, -0.2) is 4.68 Å². The Morgan fingerprint density at radius 3 is 2.58 bits per heavy atom. The molecule has 3 aromatic rings. The Morgan fingerprint density at radius 2 is 1.92 bits per heavy atom. The van der Waals surface area contributed by atoms with Crippen molar-refractivity contribution >= 4 is 29.0 Å². The Labute approximate surface area is 161 Å². The summed E-state index contributed by atoms with van der Waals surface area (Å²) >= 11 is 12.4. The topological polar surface area (TPSA) is 66.0 Å². The highest BCUT2D eigenvalue weighted by Crippen LogP contribution is 2.28. The van der Waals surface area contributed by atoms with Crippen molar-refractivity contribution in [3.8, 4) is 23.1 Å². The molecule has 1 N–H and O–H groups in total. The first-order valence-electron chi connectivity index (χ1n) is 7.95. The van der Waals surface area contributed by atoms with Crippen LogP contribution in [0.3, 0.4) is 0 Å².